The predicted molar refractivity (Wildman–Crippen MR) is 74.0 cm³/mol. The van der Waals surface area contributed by atoms with Gasteiger partial charge >= 0.3 is 5.97 Å². The lowest BCUT2D eigenvalue weighted by Crippen LogP contribution is -2.41. The Morgan fingerprint density at radius 1 is 1.43 bits per heavy atom. The Bertz CT molecular complexity index is 678. The Balaban J connectivity index is 2.51. The molecule has 1 fully saturated rings. The highest BCUT2D eigenvalue weighted by atomic mass is 32.2. The average Bonchev–Trinajstić information content (AvgIpc) is 2.41. The van der Waals surface area contributed by atoms with Gasteiger partial charge in [0.05, 0.1) is 5.56 Å². The molecule has 1 saturated heterocycles. The number of sulfonamides is 1. The maximum absolute atomic E-state index is 13.8. The van der Waals surface area contributed by atoms with Crippen LogP contribution in [-0.2, 0) is 10.0 Å². The van der Waals surface area contributed by atoms with Crippen molar-refractivity contribution < 1.29 is 27.1 Å². The summed E-state index contributed by atoms with van der Waals surface area (Å²) in [6.07, 6.45) is 0. The van der Waals surface area contributed by atoms with Gasteiger partial charge in [-0.3, -0.25) is 0 Å². The first kappa shape index (κ1) is 16.2. The van der Waals surface area contributed by atoms with Gasteiger partial charge in [-0.15, -0.1) is 0 Å². The van der Waals surface area contributed by atoms with Gasteiger partial charge in [-0.1, -0.05) is 6.92 Å². The van der Waals surface area contributed by atoms with Crippen LogP contribution in [0.4, 0.5) is 8.78 Å². The number of rotatable bonds is 3. The smallest absolute Gasteiger partial charge is 0.335 e. The molecule has 0 spiro atoms. The van der Waals surface area contributed by atoms with E-state index in [9.17, 15) is 22.0 Å². The van der Waals surface area contributed by atoms with Gasteiger partial charge in [0.25, 0.3) is 0 Å². The summed E-state index contributed by atoms with van der Waals surface area (Å²) in [4.78, 5) is 9.94. The highest BCUT2D eigenvalue weighted by molar-refractivity contribution is 8.00. The van der Waals surface area contributed by atoms with Crippen molar-refractivity contribution in [2.75, 3.05) is 18.8 Å². The van der Waals surface area contributed by atoms with Crippen molar-refractivity contribution in [1.82, 2.24) is 4.31 Å². The highest BCUT2D eigenvalue weighted by Gasteiger charge is 2.33. The number of nitrogens with zero attached hydrogens (tertiary/aromatic N) is 1. The maximum atomic E-state index is 13.8. The van der Waals surface area contributed by atoms with Gasteiger partial charge in [-0.25, -0.2) is 22.0 Å². The van der Waals surface area contributed by atoms with E-state index in [1.807, 2.05) is 6.92 Å². The fraction of sp³-hybridized carbons (Fsp3) is 0.417. The van der Waals surface area contributed by atoms with Crippen LogP contribution < -0.4 is 0 Å². The van der Waals surface area contributed by atoms with E-state index in [2.05, 4.69) is 0 Å². The summed E-state index contributed by atoms with van der Waals surface area (Å²) in [5.41, 5.74) is -0.605. The van der Waals surface area contributed by atoms with Crippen molar-refractivity contribution in [2.45, 2.75) is 17.1 Å². The lowest BCUT2D eigenvalue weighted by molar-refractivity contribution is 0.0696. The van der Waals surface area contributed by atoms with Crippen LogP contribution in [0.15, 0.2) is 17.0 Å². The molecule has 116 valence electrons. The third-order valence-corrected chi connectivity index (χ3v) is 6.06. The lowest BCUT2D eigenvalue weighted by Gasteiger charge is -2.29. The molecule has 0 aliphatic carbocycles. The van der Waals surface area contributed by atoms with Crippen molar-refractivity contribution in [1.29, 1.82) is 0 Å². The van der Waals surface area contributed by atoms with E-state index in [0.29, 0.717) is 17.9 Å². The zero-order chi connectivity index (χ0) is 15.8. The Morgan fingerprint density at radius 2 is 2.10 bits per heavy atom. The van der Waals surface area contributed by atoms with Crippen molar-refractivity contribution in [3.05, 3.63) is 29.3 Å². The number of carbonyl (C=O) groups is 1. The number of thioether (sulfide) groups is 1. The molecule has 1 aromatic carbocycles. The minimum atomic E-state index is -4.26. The molecule has 0 radical (unpaired) electrons. The zero-order valence-corrected chi connectivity index (χ0v) is 12.7. The molecule has 1 aliphatic heterocycles. The van der Waals surface area contributed by atoms with E-state index in [4.69, 9.17) is 5.11 Å². The second-order valence-corrected chi connectivity index (χ2v) is 8.07. The maximum Gasteiger partial charge on any atom is 0.335 e. The molecule has 0 bridgehead atoms. The fourth-order valence-corrected chi connectivity index (χ4v) is 4.87. The average molecular weight is 337 g/mol. The quantitative estimate of drug-likeness (QED) is 0.910. The highest BCUT2D eigenvalue weighted by Crippen LogP contribution is 2.27. The van der Waals surface area contributed by atoms with Crippen LogP contribution in [0.25, 0.3) is 0 Å². The standard InChI is InChI=1S/C12H13F2NO4S2/c1-7-6-15(2-3-20-7)21(18,19)10-5-8(12(16)17)4-9(13)11(10)14/h4-5,7H,2-3,6H2,1H3,(H,16,17). The van der Waals surface area contributed by atoms with Gasteiger partial charge in [0.2, 0.25) is 10.0 Å². The molecule has 1 heterocycles. The van der Waals surface area contributed by atoms with Gasteiger partial charge in [-0.2, -0.15) is 16.1 Å². The van der Waals surface area contributed by atoms with Crippen LogP contribution in [0.3, 0.4) is 0 Å². The van der Waals surface area contributed by atoms with E-state index in [1.54, 1.807) is 11.8 Å². The third-order valence-electron chi connectivity index (χ3n) is 3.06. The Labute approximate surface area is 125 Å². The second kappa shape index (κ2) is 5.90. The Hall–Kier alpha value is -1.19. The van der Waals surface area contributed by atoms with E-state index >= 15 is 0 Å². The van der Waals surface area contributed by atoms with Crippen LogP contribution in [-0.4, -0.2) is 47.9 Å². The molecule has 0 amide bonds. The number of aromatic carboxylic acids is 1. The number of benzene rings is 1. The van der Waals surface area contributed by atoms with Crippen LogP contribution in [0.2, 0.25) is 0 Å². The first-order valence-corrected chi connectivity index (χ1v) is 8.56. The fourth-order valence-electron chi connectivity index (χ4n) is 2.02. The minimum Gasteiger partial charge on any atom is -0.478 e. The van der Waals surface area contributed by atoms with Crippen LogP contribution >= 0.6 is 11.8 Å². The summed E-state index contributed by atoms with van der Waals surface area (Å²) in [5, 5.41) is 8.87. The van der Waals surface area contributed by atoms with Crippen LogP contribution in [0.5, 0.6) is 0 Å². The summed E-state index contributed by atoms with van der Waals surface area (Å²) in [5.74, 6) is -4.02. The molecule has 0 saturated carbocycles. The van der Waals surface area contributed by atoms with Crippen molar-refractivity contribution in [3.8, 4) is 0 Å². The summed E-state index contributed by atoms with van der Waals surface area (Å²) >= 11 is 1.58. The molecule has 0 aromatic heterocycles. The minimum absolute atomic E-state index is 0.0316. The monoisotopic (exact) mass is 337 g/mol. The molecular weight excluding hydrogens is 324 g/mol. The molecule has 5 nitrogen and oxygen atoms in total. The third kappa shape index (κ3) is 3.19. The van der Waals surface area contributed by atoms with Crippen molar-refractivity contribution >= 4 is 27.8 Å². The number of hydrogen-bond donors (Lipinski definition) is 1. The van der Waals surface area contributed by atoms with Gasteiger partial charge in [-0.05, 0) is 12.1 Å². The molecule has 1 aliphatic rings. The molecule has 9 heteroatoms. The molecule has 1 aromatic rings. The summed E-state index contributed by atoms with van der Waals surface area (Å²) in [6, 6.07) is 1.12. The van der Waals surface area contributed by atoms with Gasteiger partial charge in [0, 0.05) is 24.1 Å². The predicted octanol–water partition coefficient (Wildman–Crippen LogP) is 1.79. The second-order valence-electron chi connectivity index (χ2n) is 4.62. The van der Waals surface area contributed by atoms with Crippen molar-refractivity contribution in [3.63, 3.8) is 0 Å². The van der Waals surface area contributed by atoms with Crippen LogP contribution in [0.1, 0.15) is 17.3 Å². The number of carboxylic acids is 1. The van der Waals surface area contributed by atoms with Gasteiger partial charge in [0.15, 0.2) is 11.6 Å². The Morgan fingerprint density at radius 3 is 2.67 bits per heavy atom. The Kier molecular flexibility index (Phi) is 4.54. The topological polar surface area (TPSA) is 74.7 Å². The first-order valence-electron chi connectivity index (χ1n) is 6.07. The number of halogens is 2. The van der Waals surface area contributed by atoms with Gasteiger partial charge in [0.1, 0.15) is 4.90 Å². The number of hydrogen-bond acceptors (Lipinski definition) is 4. The first-order chi connectivity index (χ1) is 9.73. The molecular formula is C12H13F2NO4S2. The van der Waals surface area contributed by atoms with Gasteiger partial charge < -0.3 is 5.11 Å². The van der Waals surface area contributed by atoms with E-state index in [-0.39, 0.29) is 18.3 Å². The van der Waals surface area contributed by atoms with E-state index < -0.39 is 38.1 Å². The van der Waals surface area contributed by atoms with E-state index in [1.165, 1.54) is 0 Å². The largest absolute Gasteiger partial charge is 0.478 e. The normalized spacial score (nSPS) is 20.4. The number of carboxylic acid groups (broad SMARTS) is 1. The molecule has 21 heavy (non-hydrogen) atoms. The van der Waals surface area contributed by atoms with Crippen LogP contribution in [0, 0.1) is 11.6 Å². The summed E-state index contributed by atoms with van der Waals surface area (Å²) in [6.45, 7) is 2.18. The molecule has 1 unspecified atom stereocenters. The zero-order valence-electron chi connectivity index (χ0n) is 11.0. The summed E-state index contributed by atoms with van der Waals surface area (Å²) in [7, 11) is -4.26. The lowest BCUT2D eigenvalue weighted by atomic mass is 10.2. The molecule has 1 N–H and O–H groups in total. The van der Waals surface area contributed by atoms with Crippen molar-refractivity contribution in [2.24, 2.45) is 0 Å². The molecule has 2 rings (SSSR count). The molecule has 1 atom stereocenters. The SMILES string of the molecule is CC1CN(S(=O)(=O)c2cc(C(=O)O)cc(F)c2F)CCS1. The van der Waals surface area contributed by atoms with E-state index in [0.717, 1.165) is 4.31 Å². The summed E-state index contributed by atoms with van der Waals surface area (Å²) < 4.78 is 53.1.